The Labute approximate surface area is 124 Å². The summed E-state index contributed by atoms with van der Waals surface area (Å²) >= 11 is 1.54. The topological polar surface area (TPSA) is 78.9 Å². The summed E-state index contributed by atoms with van der Waals surface area (Å²) in [4.78, 5) is 4.53. The average Bonchev–Trinajstić information content (AvgIpc) is 2.93. The number of ether oxygens (including phenoxy) is 2. The highest BCUT2D eigenvalue weighted by molar-refractivity contribution is 7.21. The molecule has 6 heteroatoms. The molecule has 0 aliphatic carbocycles. The molecule has 0 N–H and O–H groups in total. The quantitative estimate of drug-likeness (QED) is 0.688. The number of hydrogen-bond donors (Lipinski definition) is 0. The lowest BCUT2D eigenvalue weighted by Gasteiger charge is -2.04. The molecule has 1 aromatic heterocycles. The third kappa shape index (κ3) is 2.48. The maximum atomic E-state index is 8.66. The first-order valence-corrected chi connectivity index (χ1v) is 6.75. The van der Waals surface area contributed by atoms with Crippen LogP contribution in [-0.4, -0.2) is 4.98 Å². The Kier molecular flexibility index (Phi) is 3.38. The Bertz CT molecular complexity index is 857. The van der Waals surface area contributed by atoms with Gasteiger partial charge >= 0.3 is 0 Å². The van der Waals surface area contributed by atoms with Crippen molar-refractivity contribution in [3.8, 4) is 34.6 Å². The molecule has 0 unspecified atom stereocenters. The molecule has 0 aliphatic rings. The molecule has 1 heterocycles. The molecule has 0 aliphatic heterocycles. The van der Waals surface area contributed by atoms with E-state index < -0.39 is 0 Å². The third-order valence-electron chi connectivity index (χ3n) is 2.80. The average molecular weight is 293 g/mol. The molecule has 0 radical (unpaired) electrons. The number of para-hydroxylation sites is 1. The number of fused-ring (bicyclic) bond motifs is 1. The molecular formula is C15H7N3O2S. The van der Waals surface area contributed by atoms with Crippen LogP contribution in [0.1, 0.15) is 0 Å². The van der Waals surface area contributed by atoms with Crippen molar-refractivity contribution in [2.75, 3.05) is 0 Å². The van der Waals surface area contributed by atoms with E-state index in [2.05, 4.69) is 4.98 Å². The van der Waals surface area contributed by atoms with Gasteiger partial charge in [0.25, 0.3) is 12.5 Å². The second kappa shape index (κ2) is 5.49. The fraction of sp³-hybridized carbons (Fsp3) is 0. The van der Waals surface area contributed by atoms with Crippen LogP contribution >= 0.6 is 11.3 Å². The number of rotatable bonds is 3. The van der Waals surface area contributed by atoms with Crippen LogP contribution in [0.3, 0.4) is 0 Å². The van der Waals surface area contributed by atoms with E-state index in [1.807, 2.05) is 24.3 Å². The Morgan fingerprint density at radius 3 is 2.48 bits per heavy atom. The lowest BCUT2D eigenvalue weighted by Crippen LogP contribution is -1.90. The van der Waals surface area contributed by atoms with Crippen LogP contribution in [0.4, 0.5) is 0 Å². The highest BCUT2D eigenvalue weighted by Crippen LogP contribution is 2.35. The van der Waals surface area contributed by atoms with Crippen molar-refractivity contribution in [2.45, 2.75) is 0 Å². The number of nitrogens with zero attached hydrogens (tertiary/aromatic N) is 3. The van der Waals surface area contributed by atoms with Crippen molar-refractivity contribution in [3.05, 3.63) is 42.5 Å². The van der Waals surface area contributed by atoms with E-state index in [9.17, 15) is 0 Å². The van der Waals surface area contributed by atoms with Gasteiger partial charge in [0, 0.05) is 5.56 Å². The molecule has 2 aromatic carbocycles. The molecule has 0 atom stereocenters. The summed E-state index contributed by atoms with van der Waals surface area (Å²) in [5, 5.41) is 18.0. The Hall–Kier alpha value is -3.09. The van der Waals surface area contributed by atoms with Crippen molar-refractivity contribution >= 4 is 21.6 Å². The van der Waals surface area contributed by atoms with Gasteiger partial charge in [-0.3, -0.25) is 0 Å². The van der Waals surface area contributed by atoms with Crippen LogP contribution in [0, 0.1) is 23.0 Å². The van der Waals surface area contributed by atoms with Gasteiger partial charge in [0.2, 0.25) is 0 Å². The lowest BCUT2D eigenvalue weighted by atomic mass is 10.2. The van der Waals surface area contributed by atoms with E-state index in [1.54, 1.807) is 42.0 Å². The van der Waals surface area contributed by atoms with Gasteiger partial charge in [-0.2, -0.15) is 0 Å². The molecule has 0 fully saturated rings. The maximum absolute atomic E-state index is 8.66. The fourth-order valence-corrected chi connectivity index (χ4v) is 2.86. The molecule has 3 rings (SSSR count). The largest absolute Gasteiger partial charge is 0.384 e. The van der Waals surface area contributed by atoms with Gasteiger partial charge in [-0.1, -0.05) is 12.1 Å². The first-order valence-electron chi connectivity index (χ1n) is 5.93. The first-order chi connectivity index (χ1) is 10.3. The Morgan fingerprint density at radius 2 is 1.71 bits per heavy atom. The fourth-order valence-electron chi connectivity index (χ4n) is 1.90. The molecule has 21 heavy (non-hydrogen) atoms. The van der Waals surface area contributed by atoms with E-state index in [1.165, 1.54) is 0 Å². The van der Waals surface area contributed by atoms with Crippen LogP contribution < -0.4 is 9.47 Å². The molecule has 0 bridgehead atoms. The zero-order valence-corrected chi connectivity index (χ0v) is 11.4. The van der Waals surface area contributed by atoms with Crippen LogP contribution in [-0.2, 0) is 0 Å². The normalized spacial score (nSPS) is 9.81. The van der Waals surface area contributed by atoms with Gasteiger partial charge in [0.05, 0.1) is 10.2 Å². The molecule has 3 aromatic rings. The third-order valence-corrected chi connectivity index (χ3v) is 3.88. The summed E-state index contributed by atoms with van der Waals surface area (Å²) in [6.45, 7) is 0. The summed E-state index contributed by atoms with van der Waals surface area (Å²) in [5.74, 6) is 0.389. The minimum Gasteiger partial charge on any atom is -0.384 e. The molecule has 0 saturated carbocycles. The van der Waals surface area contributed by atoms with E-state index in [-0.39, 0.29) is 11.5 Å². The van der Waals surface area contributed by atoms with Gasteiger partial charge in [-0.15, -0.1) is 21.9 Å². The SMILES string of the molecule is N#COc1ccc(-c2nc3ccccc3s2)cc1OC#N. The van der Waals surface area contributed by atoms with Gasteiger partial charge in [0.15, 0.2) is 11.5 Å². The van der Waals surface area contributed by atoms with Crippen molar-refractivity contribution in [1.82, 2.24) is 4.98 Å². The smallest absolute Gasteiger partial charge is 0.292 e. The highest BCUT2D eigenvalue weighted by Gasteiger charge is 2.11. The van der Waals surface area contributed by atoms with Gasteiger partial charge in [0.1, 0.15) is 5.01 Å². The second-order valence-electron chi connectivity index (χ2n) is 4.03. The van der Waals surface area contributed by atoms with Crippen LogP contribution in [0.2, 0.25) is 0 Å². The number of hydrogen-bond acceptors (Lipinski definition) is 6. The van der Waals surface area contributed by atoms with Crippen molar-refractivity contribution < 1.29 is 9.47 Å². The molecular weight excluding hydrogens is 286 g/mol. The number of thiazole rings is 1. The van der Waals surface area contributed by atoms with Crippen LogP contribution in [0.5, 0.6) is 11.5 Å². The van der Waals surface area contributed by atoms with E-state index >= 15 is 0 Å². The molecule has 0 spiro atoms. The van der Waals surface area contributed by atoms with E-state index in [0.717, 1.165) is 20.8 Å². The molecule has 100 valence electrons. The number of aromatic nitrogens is 1. The second-order valence-corrected chi connectivity index (χ2v) is 5.07. The van der Waals surface area contributed by atoms with Crippen molar-refractivity contribution in [2.24, 2.45) is 0 Å². The minimum atomic E-state index is 0.191. The monoisotopic (exact) mass is 293 g/mol. The zero-order valence-electron chi connectivity index (χ0n) is 10.6. The minimum absolute atomic E-state index is 0.191. The van der Waals surface area contributed by atoms with Crippen molar-refractivity contribution in [1.29, 1.82) is 10.5 Å². The summed E-state index contributed by atoms with van der Waals surface area (Å²) in [7, 11) is 0. The zero-order chi connectivity index (χ0) is 14.7. The number of benzene rings is 2. The van der Waals surface area contributed by atoms with E-state index in [0.29, 0.717) is 0 Å². The predicted octanol–water partition coefficient (Wildman–Crippen LogP) is 3.68. The van der Waals surface area contributed by atoms with Crippen LogP contribution in [0.15, 0.2) is 42.5 Å². The standard InChI is InChI=1S/C15H7N3O2S/c16-8-19-12-6-5-10(7-13(12)20-9-17)15-18-11-3-1-2-4-14(11)21-15/h1-7H. The highest BCUT2D eigenvalue weighted by atomic mass is 32.1. The summed E-state index contributed by atoms with van der Waals surface area (Å²) < 4.78 is 10.7. The molecule has 5 nitrogen and oxygen atoms in total. The maximum Gasteiger partial charge on any atom is 0.292 e. The first kappa shape index (κ1) is 12.9. The Morgan fingerprint density at radius 1 is 0.952 bits per heavy atom. The number of nitriles is 2. The summed E-state index contributed by atoms with van der Waals surface area (Å²) in [6, 6.07) is 12.8. The predicted molar refractivity (Wildman–Crippen MR) is 77.5 cm³/mol. The molecule has 0 saturated heterocycles. The van der Waals surface area contributed by atoms with Gasteiger partial charge < -0.3 is 9.47 Å². The van der Waals surface area contributed by atoms with Gasteiger partial charge in [-0.05, 0) is 30.3 Å². The Balaban J connectivity index is 2.08. The summed E-state index contributed by atoms with van der Waals surface area (Å²) in [6.07, 6.45) is 3.14. The van der Waals surface area contributed by atoms with E-state index in [4.69, 9.17) is 20.0 Å². The van der Waals surface area contributed by atoms with Gasteiger partial charge in [-0.25, -0.2) is 4.98 Å². The molecule has 0 amide bonds. The van der Waals surface area contributed by atoms with Crippen LogP contribution in [0.25, 0.3) is 20.8 Å². The summed E-state index contributed by atoms with van der Waals surface area (Å²) in [5.41, 5.74) is 1.71. The van der Waals surface area contributed by atoms with Crippen molar-refractivity contribution in [3.63, 3.8) is 0 Å². The lowest BCUT2D eigenvalue weighted by molar-refractivity contribution is 0.441.